The Morgan fingerprint density at radius 2 is 1.50 bits per heavy atom. The molecule has 0 aliphatic carbocycles. The first-order valence-corrected chi connectivity index (χ1v) is 6.79. The van der Waals surface area contributed by atoms with Crippen LogP contribution in [0.4, 0.5) is 11.4 Å². The molecule has 4 N–H and O–H groups in total. The van der Waals surface area contributed by atoms with Crippen molar-refractivity contribution in [2.24, 2.45) is 0 Å². The summed E-state index contributed by atoms with van der Waals surface area (Å²) in [7, 11) is 0. The fourth-order valence-electron chi connectivity index (χ4n) is 2.66. The molecule has 0 bridgehead atoms. The number of anilines is 2. The van der Waals surface area contributed by atoms with Crippen LogP contribution >= 0.6 is 0 Å². The molecule has 0 aliphatic heterocycles. The number of rotatable bonds is 4. The van der Waals surface area contributed by atoms with E-state index in [9.17, 15) is 0 Å². The standard InChI is InChI=1S/C18H22N2/c1-13(14-8-4-6-10-16(14)19)12-18(2,3)15-9-5-7-11-17(15)20/h4-11H,1,12,19-20H2,2-3H3. The third-order valence-electron chi connectivity index (χ3n) is 3.69. The van der Waals surface area contributed by atoms with Crippen molar-refractivity contribution in [2.45, 2.75) is 25.7 Å². The zero-order valence-electron chi connectivity index (χ0n) is 12.2. The van der Waals surface area contributed by atoms with Gasteiger partial charge < -0.3 is 11.5 Å². The average molecular weight is 266 g/mol. The van der Waals surface area contributed by atoms with Crippen LogP contribution in [-0.4, -0.2) is 0 Å². The van der Waals surface area contributed by atoms with E-state index in [2.05, 4.69) is 26.5 Å². The maximum Gasteiger partial charge on any atom is 0.0390 e. The normalized spacial score (nSPS) is 11.3. The van der Waals surface area contributed by atoms with Gasteiger partial charge in [-0.3, -0.25) is 0 Å². The third kappa shape index (κ3) is 2.85. The molecule has 0 saturated carbocycles. The minimum atomic E-state index is -0.0787. The van der Waals surface area contributed by atoms with Crippen LogP contribution in [0.25, 0.3) is 5.57 Å². The molecule has 2 aromatic rings. The van der Waals surface area contributed by atoms with Gasteiger partial charge in [-0.05, 0) is 35.1 Å². The summed E-state index contributed by atoms with van der Waals surface area (Å²) >= 11 is 0. The first-order valence-electron chi connectivity index (χ1n) is 6.79. The van der Waals surface area contributed by atoms with Gasteiger partial charge in [0.25, 0.3) is 0 Å². The summed E-state index contributed by atoms with van der Waals surface area (Å²) < 4.78 is 0. The van der Waals surface area contributed by atoms with E-state index in [1.807, 2.05) is 42.5 Å². The molecule has 0 fully saturated rings. The van der Waals surface area contributed by atoms with E-state index >= 15 is 0 Å². The Morgan fingerprint density at radius 3 is 2.10 bits per heavy atom. The second kappa shape index (κ2) is 5.41. The van der Waals surface area contributed by atoms with Crippen LogP contribution in [0.1, 0.15) is 31.4 Å². The van der Waals surface area contributed by atoms with Crippen LogP contribution in [0, 0.1) is 0 Å². The van der Waals surface area contributed by atoms with Gasteiger partial charge in [-0.25, -0.2) is 0 Å². The SMILES string of the molecule is C=C(CC(C)(C)c1ccccc1N)c1ccccc1N. The second-order valence-electron chi connectivity index (χ2n) is 5.84. The van der Waals surface area contributed by atoms with Gasteiger partial charge >= 0.3 is 0 Å². The minimum Gasteiger partial charge on any atom is -0.398 e. The zero-order valence-corrected chi connectivity index (χ0v) is 12.2. The summed E-state index contributed by atoms with van der Waals surface area (Å²) in [5, 5.41) is 0. The van der Waals surface area contributed by atoms with Crippen molar-refractivity contribution in [2.75, 3.05) is 11.5 Å². The largest absolute Gasteiger partial charge is 0.398 e. The van der Waals surface area contributed by atoms with E-state index in [1.165, 1.54) is 0 Å². The molecule has 2 heteroatoms. The lowest BCUT2D eigenvalue weighted by Crippen LogP contribution is -2.19. The summed E-state index contributed by atoms with van der Waals surface area (Å²) in [6.07, 6.45) is 0.815. The molecule has 0 aromatic heterocycles. The quantitative estimate of drug-likeness (QED) is 0.813. The average Bonchev–Trinajstić information content (AvgIpc) is 2.38. The van der Waals surface area contributed by atoms with Crippen molar-refractivity contribution >= 4 is 16.9 Å². The number of hydrogen-bond acceptors (Lipinski definition) is 2. The van der Waals surface area contributed by atoms with Gasteiger partial charge in [0, 0.05) is 16.9 Å². The van der Waals surface area contributed by atoms with Gasteiger partial charge in [-0.2, -0.15) is 0 Å². The highest BCUT2D eigenvalue weighted by molar-refractivity contribution is 5.74. The number of allylic oxidation sites excluding steroid dienone is 1. The molecule has 0 heterocycles. The summed E-state index contributed by atoms with van der Waals surface area (Å²) in [6.45, 7) is 8.57. The van der Waals surface area contributed by atoms with Gasteiger partial charge in [0.1, 0.15) is 0 Å². The Hall–Kier alpha value is -2.22. The molecule has 0 radical (unpaired) electrons. The van der Waals surface area contributed by atoms with Crippen LogP contribution in [0.3, 0.4) is 0 Å². The van der Waals surface area contributed by atoms with Crippen molar-refractivity contribution in [3.8, 4) is 0 Å². The lowest BCUT2D eigenvalue weighted by atomic mass is 9.77. The topological polar surface area (TPSA) is 52.0 Å². The number of hydrogen-bond donors (Lipinski definition) is 2. The maximum atomic E-state index is 6.10. The van der Waals surface area contributed by atoms with Gasteiger partial charge in [-0.15, -0.1) is 0 Å². The summed E-state index contributed by atoms with van der Waals surface area (Å²) in [5.41, 5.74) is 16.8. The fraction of sp³-hybridized carbons (Fsp3) is 0.222. The molecule has 0 amide bonds. The number of benzene rings is 2. The van der Waals surface area contributed by atoms with Crippen molar-refractivity contribution < 1.29 is 0 Å². The van der Waals surface area contributed by atoms with Crippen molar-refractivity contribution in [3.63, 3.8) is 0 Å². The summed E-state index contributed by atoms with van der Waals surface area (Å²) in [6, 6.07) is 15.8. The van der Waals surface area contributed by atoms with Crippen LogP contribution in [0.2, 0.25) is 0 Å². The third-order valence-corrected chi connectivity index (χ3v) is 3.69. The van der Waals surface area contributed by atoms with Crippen LogP contribution in [0.15, 0.2) is 55.1 Å². The molecule has 0 spiro atoms. The lowest BCUT2D eigenvalue weighted by Gasteiger charge is -2.28. The number of nitrogen functional groups attached to an aromatic ring is 2. The van der Waals surface area contributed by atoms with Crippen molar-refractivity contribution in [1.82, 2.24) is 0 Å². The molecule has 104 valence electrons. The number of para-hydroxylation sites is 2. The monoisotopic (exact) mass is 266 g/mol. The second-order valence-corrected chi connectivity index (χ2v) is 5.84. The Balaban J connectivity index is 2.27. The van der Waals surface area contributed by atoms with Gasteiger partial charge in [0.05, 0.1) is 0 Å². The highest BCUT2D eigenvalue weighted by Gasteiger charge is 2.24. The maximum absolute atomic E-state index is 6.10. The van der Waals surface area contributed by atoms with E-state index in [0.29, 0.717) is 0 Å². The summed E-state index contributed by atoms with van der Waals surface area (Å²) in [4.78, 5) is 0. The molecule has 20 heavy (non-hydrogen) atoms. The van der Waals surface area contributed by atoms with E-state index in [4.69, 9.17) is 11.5 Å². The van der Waals surface area contributed by atoms with Gasteiger partial charge in [0.15, 0.2) is 0 Å². The first kappa shape index (κ1) is 14.2. The molecule has 2 rings (SSSR count). The molecular weight excluding hydrogens is 244 g/mol. The molecular formula is C18H22N2. The van der Waals surface area contributed by atoms with E-state index in [-0.39, 0.29) is 5.41 Å². The lowest BCUT2D eigenvalue weighted by molar-refractivity contribution is 0.544. The smallest absolute Gasteiger partial charge is 0.0390 e. The van der Waals surface area contributed by atoms with Gasteiger partial charge in [0.2, 0.25) is 0 Å². The van der Waals surface area contributed by atoms with E-state index < -0.39 is 0 Å². The molecule has 0 unspecified atom stereocenters. The van der Waals surface area contributed by atoms with E-state index in [1.54, 1.807) is 0 Å². The Kier molecular flexibility index (Phi) is 3.84. The van der Waals surface area contributed by atoms with E-state index in [0.717, 1.165) is 34.5 Å². The fourth-order valence-corrected chi connectivity index (χ4v) is 2.66. The van der Waals surface area contributed by atoms with Crippen molar-refractivity contribution in [3.05, 3.63) is 66.2 Å². The molecule has 2 aromatic carbocycles. The highest BCUT2D eigenvalue weighted by atomic mass is 14.6. The Morgan fingerprint density at radius 1 is 0.950 bits per heavy atom. The Labute approximate surface area is 121 Å². The van der Waals surface area contributed by atoms with Gasteiger partial charge in [-0.1, -0.05) is 56.8 Å². The first-order chi connectivity index (χ1) is 9.42. The molecule has 0 atom stereocenters. The Bertz CT molecular complexity index is 627. The van der Waals surface area contributed by atoms with Crippen LogP contribution in [0.5, 0.6) is 0 Å². The molecule has 2 nitrogen and oxygen atoms in total. The minimum absolute atomic E-state index is 0.0787. The molecule has 0 saturated heterocycles. The van der Waals surface area contributed by atoms with Crippen LogP contribution in [-0.2, 0) is 5.41 Å². The predicted molar refractivity (Wildman–Crippen MR) is 88.4 cm³/mol. The summed E-state index contributed by atoms with van der Waals surface area (Å²) in [5.74, 6) is 0. The zero-order chi connectivity index (χ0) is 14.8. The van der Waals surface area contributed by atoms with Crippen LogP contribution < -0.4 is 11.5 Å². The van der Waals surface area contributed by atoms with Crippen molar-refractivity contribution in [1.29, 1.82) is 0 Å². The predicted octanol–water partition coefficient (Wildman–Crippen LogP) is 4.23. The molecule has 0 aliphatic rings. The number of nitrogens with two attached hydrogens (primary N) is 2. The highest BCUT2D eigenvalue weighted by Crippen LogP contribution is 2.37.